The van der Waals surface area contributed by atoms with Gasteiger partial charge in [0, 0.05) is 13.1 Å². The van der Waals surface area contributed by atoms with Crippen LogP contribution in [0.15, 0.2) is 41.6 Å². The first-order chi connectivity index (χ1) is 12.0. The molecule has 0 atom stereocenters. The highest BCUT2D eigenvalue weighted by atomic mass is 32.2. The number of sulfonamides is 1. The Balaban J connectivity index is 1.55. The molecule has 1 aromatic carbocycles. The zero-order valence-corrected chi connectivity index (χ0v) is 15.2. The molecule has 7 heteroatoms. The van der Waals surface area contributed by atoms with Crippen LogP contribution >= 0.6 is 0 Å². The van der Waals surface area contributed by atoms with Crippen molar-refractivity contribution in [1.82, 2.24) is 14.1 Å². The number of methoxy groups -OCH3 is 1. The summed E-state index contributed by atoms with van der Waals surface area (Å²) >= 11 is 0. The monoisotopic (exact) mass is 361 g/mol. The van der Waals surface area contributed by atoms with E-state index in [1.54, 1.807) is 22.3 Å². The normalized spacial score (nSPS) is 20.4. The largest absolute Gasteiger partial charge is 0.494 e. The highest BCUT2D eigenvalue weighted by Crippen LogP contribution is 2.45. The van der Waals surface area contributed by atoms with Crippen LogP contribution in [0.1, 0.15) is 32.1 Å². The van der Waals surface area contributed by atoms with E-state index in [0.29, 0.717) is 18.8 Å². The number of hydrogen-bond donors (Lipinski definition) is 0. The van der Waals surface area contributed by atoms with E-state index in [1.165, 1.54) is 25.5 Å². The van der Waals surface area contributed by atoms with Gasteiger partial charge in [-0.2, -0.15) is 9.40 Å². The summed E-state index contributed by atoms with van der Waals surface area (Å²) in [6, 6.07) is 7.42. The minimum absolute atomic E-state index is 0.226. The van der Waals surface area contributed by atoms with Gasteiger partial charge in [-0.25, -0.2) is 13.1 Å². The maximum Gasteiger partial charge on any atom is 0.246 e. The molecule has 0 amide bonds. The molecule has 2 heterocycles. The van der Waals surface area contributed by atoms with Crippen molar-refractivity contribution in [3.63, 3.8) is 0 Å². The van der Waals surface area contributed by atoms with E-state index in [4.69, 9.17) is 4.74 Å². The smallest absolute Gasteiger partial charge is 0.246 e. The number of nitrogens with zero attached hydrogens (tertiary/aromatic N) is 3. The van der Waals surface area contributed by atoms with Crippen LogP contribution in [0.5, 0.6) is 5.75 Å². The van der Waals surface area contributed by atoms with Crippen LogP contribution in [0.2, 0.25) is 0 Å². The molecule has 134 valence electrons. The molecule has 1 aromatic heterocycles. The average molecular weight is 361 g/mol. The molecule has 1 aliphatic heterocycles. The van der Waals surface area contributed by atoms with Crippen molar-refractivity contribution >= 4 is 10.0 Å². The zero-order valence-electron chi connectivity index (χ0n) is 14.4. The molecule has 1 saturated heterocycles. The van der Waals surface area contributed by atoms with Crippen molar-refractivity contribution in [2.24, 2.45) is 5.41 Å². The summed E-state index contributed by atoms with van der Waals surface area (Å²) in [5.74, 6) is 0.652. The maximum atomic E-state index is 12.9. The molecule has 0 N–H and O–H groups in total. The fourth-order valence-electron chi connectivity index (χ4n) is 4.03. The molecule has 2 aliphatic rings. The minimum Gasteiger partial charge on any atom is -0.494 e. The molecule has 25 heavy (non-hydrogen) atoms. The summed E-state index contributed by atoms with van der Waals surface area (Å²) in [5, 5.41) is 4.24. The van der Waals surface area contributed by atoms with Crippen LogP contribution in [0, 0.1) is 5.41 Å². The highest BCUT2D eigenvalue weighted by Gasteiger charge is 2.48. The molecule has 1 saturated carbocycles. The Hall–Kier alpha value is -1.86. The standard InChI is InChI=1S/C18H23N3O3S/c1-24-17-8-4-3-7-16(17)21-12-15(11-19-21)25(22,23)20-13-18(14-20)9-5-2-6-10-18/h3-4,7-8,11-12H,2,5-6,9-10,13-14H2,1H3. The Kier molecular flexibility index (Phi) is 4.08. The van der Waals surface area contributed by atoms with Gasteiger partial charge in [-0.15, -0.1) is 0 Å². The second kappa shape index (κ2) is 6.14. The van der Waals surface area contributed by atoms with Crippen LogP contribution in [0.4, 0.5) is 0 Å². The summed E-state index contributed by atoms with van der Waals surface area (Å²) < 4.78 is 34.2. The molecule has 2 fully saturated rings. The van der Waals surface area contributed by atoms with Gasteiger partial charge in [0.2, 0.25) is 10.0 Å². The minimum atomic E-state index is -3.48. The maximum absolute atomic E-state index is 12.9. The number of rotatable bonds is 4. The fraction of sp³-hybridized carbons (Fsp3) is 0.500. The van der Waals surface area contributed by atoms with Crippen molar-refractivity contribution < 1.29 is 13.2 Å². The van der Waals surface area contributed by atoms with Crippen LogP contribution in [-0.2, 0) is 10.0 Å². The van der Waals surface area contributed by atoms with Crippen LogP contribution in [0.3, 0.4) is 0 Å². The molecular formula is C18H23N3O3S. The van der Waals surface area contributed by atoms with E-state index in [0.717, 1.165) is 18.5 Å². The van der Waals surface area contributed by atoms with Crippen LogP contribution in [0.25, 0.3) is 5.69 Å². The highest BCUT2D eigenvalue weighted by molar-refractivity contribution is 7.89. The van der Waals surface area contributed by atoms with Crippen LogP contribution < -0.4 is 4.74 Å². The molecule has 1 aliphatic carbocycles. The van der Waals surface area contributed by atoms with Gasteiger partial charge in [0.1, 0.15) is 16.3 Å². The third-order valence-corrected chi connectivity index (χ3v) is 7.21. The zero-order chi connectivity index (χ0) is 17.5. The van der Waals surface area contributed by atoms with Gasteiger partial charge in [0.05, 0.1) is 19.5 Å². The molecular weight excluding hydrogens is 338 g/mol. The molecule has 0 bridgehead atoms. The quantitative estimate of drug-likeness (QED) is 0.840. The topological polar surface area (TPSA) is 64.4 Å². The third kappa shape index (κ3) is 2.85. The lowest BCUT2D eigenvalue weighted by molar-refractivity contribution is 0.0305. The number of aromatic nitrogens is 2. The van der Waals surface area contributed by atoms with E-state index in [1.807, 2.05) is 24.3 Å². The summed E-state index contributed by atoms with van der Waals surface area (Å²) in [4.78, 5) is 0.240. The van der Waals surface area contributed by atoms with Gasteiger partial charge in [0.25, 0.3) is 0 Å². The lowest BCUT2D eigenvalue weighted by atomic mass is 9.70. The van der Waals surface area contributed by atoms with Crippen LogP contribution in [-0.4, -0.2) is 42.7 Å². The number of para-hydroxylation sites is 2. The van der Waals surface area contributed by atoms with Crippen molar-refractivity contribution in [2.75, 3.05) is 20.2 Å². The Morgan fingerprint density at radius 1 is 1.12 bits per heavy atom. The Morgan fingerprint density at radius 3 is 2.56 bits per heavy atom. The molecule has 1 spiro atoms. The van der Waals surface area contributed by atoms with E-state index in [9.17, 15) is 8.42 Å². The lowest BCUT2D eigenvalue weighted by Gasteiger charge is -2.51. The first-order valence-corrected chi connectivity index (χ1v) is 10.2. The van der Waals surface area contributed by atoms with E-state index >= 15 is 0 Å². The van der Waals surface area contributed by atoms with Gasteiger partial charge >= 0.3 is 0 Å². The summed E-state index contributed by atoms with van der Waals surface area (Å²) in [7, 11) is -1.89. The van der Waals surface area contributed by atoms with Crippen molar-refractivity contribution in [2.45, 2.75) is 37.0 Å². The predicted molar refractivity (Wildman–Crippen MR) is 94.4 cm³/mol. The van der Waals surface area contributed by atoms with Gasteiger partial charge in [-0.1, -0.05) is 31.4 Å². The molecule has 2 aromatic rings. The Morgan fingerprint density at radius 2 is 1.84 bits per heavy atom. The van der Waals surface area contributed by atoms with E-state index in [2.05, 4.69) is 5.10 Å². The van der Waals surface area contributed by atoms with Gasteiger partial charge < -0.3 is 4.74 Å². The Labute approximate surface area is 148 Å². The van der Waals surface area contributed by atoms with Gasteiger partial charge in [-0.3, -0.25) is 0 Å². The van der Waals surface area contributed by atoms with Crippen molar-refractivity contribution in [1.29, 1.82) is 0 Å². The average Bonchev–Trinajstić information content (AvgIpc) is 3.11. The van der Waals surface area contributed by atoms with E-state index < -0.39 is 10.0 Å². The number of hydrogen-bond acceptors (Lipinski definition) is 4. The summed E-state index contributed by atoms with van der Waals surface area (Å²) in [5.41, 5.74) is 0.947. The molecule has 0 radical (unpaired) electrons. The van der Waals surface area contributed by atoms with Gasteiger partial charge in [-0.05, 0) is 30.4 Å². The van der Waals surface area contributed by atoms with Crippen molar-refractivity contribution in [3.05, 3.63) is 36.7 Å². The van der Waals surface area contributed by atoms with E-state index in [-0.39, 0.29) is 10.3 Å². The molecule has 4 rings (SSSR count). The lowest BCUT2D eigenvalue weighted by Crippen LogP contribution is -2.58. The van der Waals surface area contributed by atoms with Crippen molar-refractivity contribution in [3.8, 4) is 11.4 Å². The second-order valence-electron chi connectivity index (χ2n) is 7.13. The first kappa shape index (κ1) is 16.6. The first-order valence-electron chi connectivity index (χ1n) is 8.72. The molecule has 0 unspecified atom stereocenters. The Bertz CT molecular complexity index is 861. The predicted octanol–water partition coefficient (Wildman–Crippen LogP) is 2.84. The number of benzene rings is 1. The SMILES string of the molecule is COc1ccccc1-n1cc(S(=O)(=O)N2CC3(CCCCC3)C2)cn1. The summed E-state index contributed by atoms with van der Waals surface area (Å²) in [6.07, 6.45) is 9.02. The molecule has 6 nitrogen and oxygen atoms in total. The second-order valence-corrected chi connectivity index (χ2v) is 9.06. The van der Waals surface area contributed by atoms with Gasteiger partial charge in [0.15, 0.2) is 0 Å². The fourth-order valence-corrected chi connectivity index (χ4v) is 5.63. The number of ether oxygens (including phenoxy) is 1. The third-order valence-electron chi connectivity index (χ3n) is 5.47. The summed E-state index contributed by atoms with van der Waals surface area (Å²) in [6.45, 7) is 1.30.